The van der Waals surface area contributed by atoms with Crippen molar-refractivity contribution in [2.24, 2.45) is 11.8 Å². The Balaban J connectivity index is 2.10. The van der Waals surface area contributed by atoms with Gasteiger partial charge in [-0.1, -0.05) is 46.5 Å². The summed E-state index contributed by atoms with van der Waals surface area (Å²) < 4.78 is 5.63. The van der Waals surface area contributed by atoms with Crippen LogP contribution in [-0.2, 0) is 4.74 Å². The smallest absolute Gasteiger partial charge is 0.0625 e. The van der Waals surface area contributed by atoms with E-state index in [0.717, 1.165) is 18.4 Å². The van der Waals surface area contributed by atoms with Gasteiger partial charge in [0.15, 0.2) is 0 Å². The van der Waals surface area contributed by atoms with Crippen LogP contribution in [0.2, 0.25) is 0 Å². The standard InChI is InChI=1S/C14H28O/c1-4-7-8-12(5-2)9-10-14-13(6-3)11-15-14/h12-14H,4-11H2,1-3H3. The Morgan fingerprint density at radius 2 is 2.00 bits per heavy atom. The Hall–Kier alpha value is -0.0400. The molecule has 1 nitrogen and oxygen atoms in total. The summed E-state index contributed by atoms with van der Waals surface area (Å²) in [5, 5.41) is 0. The van der Waals surface area contributed by atoms with Crippen LogP contribution in [0.25, 0.3) is 0 Å². The lowest BCUT2D eigenvalue weighted by Crippen LogP contribution is -2.39. The van der Waals surface area contributed by atoms with Crippen molar-refractivity contribution in [2.75, 3.05) is 6.61 Å². The van der Waals surface area contributed by atoms with Crippen molar-refractivity contribution < 1.29 is 4.74 Å². The lowest BCUT2D eigenvalue weighted by Gasteiger charge is -2.37. The van der Waals surface area contributed by atoms with Crippen LogP contribution in [0, 0.1) is 11.8 Å². The van der Waals surface area contributed by atoms with E-state index in [-0.39, 0.29) is 0 Å². The maximum atomic E-state index is 5.63. The first-order valence-electron chi connectivity index (χ1n) is 6.93. The van der Waals surface area contributed by atoms with Crippen molar-refractivity contribution >= 4 is 0 Å². The Kier molecular flexibility index (Phi) is 6.31. The molecule has 0 saturated carbocycles. The summed E-state index contributed by atoms with van der Waals surface area (Å²) in [4.78, 5) is 0. The highest BCUT2D eigenvalue weighted by Crippen LogP contribution is 2.30. The van der Waals surface area contributed by atoms with E-state index in [4.69, 9.17) is 4.74 Å². The van der Waals surface area contributed by atoms with E-state index in [0.29, 0.717) is 6.10 Å². The molecular weight excluding hydrogens is 184 g/mol. The van der Waals surface area contributed by atoms with Gasteiger partial charge in [0.2, 0.25) is 0 Å². The summed E-state index contributed by atoms with van der Waals surface area (Å²) in [6, 6.07) is 0. The van der Waals surface area contributed by atoms with E-state index < -0.39 is 0 Å². The largest absolute Gasteiger partial charge is 0.377 e. The third kappa shape index (κ3) is 4.14. The first-order chi connectivity index (χ1) is 7.31. The zero-order valence-corrected chi connectivity index (χ0v) is 10.8. The number of hydrogen-bond donors (Lipinski definition) is 0. The number of ether oxygens (including phenoxy) is 1. The van der Waals surface area contributed by atoms with Crippen molar-refractivity contribution in [1.29, 1.82) is 0 Å². The zero-order valence-electron chi connectivity index (χ0n) is 10.8. The van der Waals surface area contributed by atoms with Gasteiger partial charge in [0, 0.05) is 5.92 Å². The first-order valence-corrected chi connectivity index (χ1v) is 6.93. The van der Waals surface area contributed by atoms with E-state index >= 15 is 0 Å². The van der Waals surface area contributed by atoms with Gasteiger partial charge in [-0.25, -0.2) is 0 Å². The topological polar surface area (TPSA) is 9.23 Å². The van der Waals surface area contributed by atoms with E-state index in [9.17, 15) is 0 Å². The summed E-state index contributed by atoms with van der Waals surface area (Å²) in [5.41, 5.74) is 0. The van der Waals surface area contributed by atoms with Gasteiger partial charge in [-0.2, -0.15) is 0 Å². The van der Waals surface area contributed by atoms with Gasteiger partial charge in [-0.05, 0) is 25.2 Å². The quantitative estimate of drug-likeness (QED) is 0.579. The molecule has 1 aliphatic heterocycles. The summed E-state index contributed by atoms with van der Waals surface area (Å²) in [6.07, 6.45) is 10.1. The molecule has 0 radical (unpaired) electrons. The molecule has 0 aromatic carbocycles. The predicted molar refractivity (Wildman–Crippen MR) is 66.1 cm³/mol. The number of hydrogen-bond acceptors (Lipinski definition) is 1. The van der Waals surface area contributed by atoms with E-state index in [1.54, 1.807) is 0 Å². The molecule has 0 aromatic heterocycles. The fourth-order valence-corrected chi connectivity index (χ4v) is 2.51. The second-order valence-electron chi connectivity index (χ2n) is 5.03. The molecule has 3 unspecified atom stereocenters. The van der Waals surface area contributed by atoms with Crippen LogP contribution in [0.1, 0.15) is 65.7 Å². The summed E-state index contributed by atoms with van der Waals surface area (Å²) in [7, 11) is 0. The third-order valence-corrected chi connectivity index (χ3v) is 3.98. The van der Waals surface area contributed by atoms with Gasteiger partial charge in [-0.15, -0.1) is 0 Å². The maximum Gasteiger partial charge on any atom is 0.0625 e. The highest BCUT2D eigenvalue weighted by molar-refractivity contribution is 4.78. The number of unbranched alkanes of at least 4 members (excludes halogenated alkanes) is 1. The SMILES string of the molecule is CCCCC(CC)CCC1OCC1CC. The average molecular weight is 212 g/mol. The Labute approximate surface area is 95.6 Å². The van der Waals surface area contributed by atoms with Crippen LogP contribution in [-0.4, -0.2) is 12.7 Å². The third-order valence-electron chi connectivity index (χ3n) is 3.98. The molecule has 1 fully saturated rings. The summed E-state index contributed by atoms with van der Waals surface area (Å²) in [5.74, 6) is 1.82. The van der Waals surface area contributed by atoms with Crippen LogP contribution in [0.5, 0.6) is 0 Å². The predicted octanol–water partition coefficient (Wildman–Crippen LogP) is 4.41. The molecule has 1 heterocycles. The van der Waals surface area contributed by atoms with Crippen molar-refractivity contribution in [3.63, 3.8) is 0 Å². The first kappa shape index (κ1) is 13.0. The Bertz CT molecular complexity index is 153. The van der Waals surface area contributed by atoms with Crippen LogP contribution >= 0.6 is 0 Å². The van der Waals surface area contributed by atoms with E-state index in [2.05, 4.69) is 20.8 Å². The molecule has 0 amide bonds. The average Bonchev–Trinajstić information content (AvgIpc) is 2.22. The number of rotatable bonds is 8. The maximum absolute atomic E-state index is 5.63. The Morgan fingerprint density at radius 1 is 1.20 bits per heavy atom. The fourth-order valence-electron chi connectivity index (χ4n) is 2.51. The molecule has 1 aliphatic rings. The molecule has 1 saturated heterocycles. The van der Waals surface area contributed by atoms with Crippen LogP contribution < -0.4 is 0 Å². The van der Waals surface area contributed by atoms with Gasteiger partial charge in [-0.3, -0.25) is 0 Å². The Morgan fingerprint density at radius 3 is 2.47 bits per heavy atom. The molecule has 0 aliphatic carbocycles. The second-order valence-corrected chi connectivity index (χ2v) is 5.03. The molecular formula is C14H28O. The monoisotopic (exact) mass is 212 g/mol. The molecule has 15 heavy (non-hydrogen) atoms. The minimum Gasteiger partial charge on any atom is -0.377 e. The van der Waals surface area contributed by atoms with Gasteiger partial charge in [0.25, 0.3) is 0 Å². The minimum absolute atomic E-state index is 0.602. The summed E-state index contributed by atoms with van der Waals surface area (Å²) in [6.45, 7) is 7.93. The molecule has 0 bridgehead atoms. The zero-order chi connectivity index (χ0) is 11.1. The lowest BCUT2D eigenvalue weighted by molar-refractivity contribution is -0.121. The molecule has 0 spiro atoms. The van der Waals surface area contributed by atoms with Crippen LogP contribution in [0.4, 0.5) is 0 Å². The van der Waals surface area contributed by atoms with Gasteiger partial charge < -0.3 is 4.74 Å². The lowest BCUT2D eigenvalue weighted by atomic mass is 9.86. The molecule has 1 rings (SSSR count). The van der Waals surface area contributed by atoms with Crippen molar-refractivity contribution in [3.8, 4) is 0 Å². The molecule has 0 aromatic rings. The highest BCUT2D eigenvalue weighted by atomic mass is 16.5. The van der Waals surface area contributed by atoms with Crippen molar-refractivity contribution in [1.82, 2.24) is 0 Å². The normalized spacial score (nSPS) is 27.4. The molecule has 3 atom stereocenters. The van der Waals surface area contributed by atoms with E-state index in [1.807, 2.05) is 0 Å². The minimum atomic E-state index is 0.602. The second kappa shape index (κ2) is 7.27. The van der Waals surface area contributed by atoms with Crippen LogP contribution in [0.15, 0.2) is 0 Å². The van der Waals surface area contributed by atoms with Crippen LogP contribution in [0.3, 0.4) is 0 Å². The van der Waals surface area contributed by atoms with Gasteiger partial charge in [0.1, 0.15) is 0 Å². The van der Waals surface area contributed by atoms with E-state index in [1.165, 1.54) is 44.9 Å². The molecule has 0 N–H and O–H groups in total. The summed E-state index contributed by atoms with van der Waals surface area (Å²) >= 11 is 0. The highest BCUT2D eigenvalue weighted by Gasteiger charge is 2.30. The van der Waals surface area contributed by atoms with Crippen molar-refractivity contribution in [3.05, 3.63) is 0 Å². The van der Waals surface area contributed by atoms with Gasteiger partial charge in [0.05, 0.1) is 12.7 Å². The molecule has 1 heteroatoms. The van der Waals surface area contributed by atoms with Crippen molar-refractivity contribution in [2.45, 2.75) is 71.8 Å². The molecule has 90 valence electrons. The fraction of sp³-hybridized carbons (Fsp3) is 1.00. The van der Waals surface area contributed by atoms with Gasteiger partial charge >= 0.3 is 0 Å².